The van der Waals surface area contributed by atoms with Crippen LogP contribution in [0.5, 0.6) is 5.75 Å². The van der Waals surface area contributed by atoms with Gasteiger partial charge in [0.2, 0.25) is 0 Å². The van der Waals surface area contributed by atoms with Crippen LogP contribution in [0.25, 0.3) is 0 Å². The smallest absolute Gasteiger partial charge is 0.266 e. The number of piperazine rings is 1. The van der Waals surface area contributed by atoms with E-state index in [9.17, 15) is 4.79 Å². The van der Waals surface area contributed by atoms with Gasteiger partial charge in [0.25, 0.3) is 5.91 Å². The number of ether oxygens (including phenoxy) is 1. The molecule has 32 heavy (non-hydrogen) atoms. The highest BCUT2D eigenvalue weighted by molar-refractivity contribution is 7.17. The zero-order valence-corrected chi connectivity index (χ0v) is 20.8. The van der Waals surface area contributed by atoms with E-state index in [1.165, 1.54) is 32.9 Å². The van der Waals surface area contributed by atoms with Gasteiger partial charge in [-0.3, -0.25) is 9.69 Å². The van der Waals surface area contributed by atoms with Gasteiger partial charge < -0.3 is 15.0 Å². The fraction of sp³-hybridized carbons (Fsp3) is 0.400. The predicted octanol–water partition coefficient (Wildman–Crippen LogP) is 5.41. The molecule has 1 saturated heterocycles. The van der Waals surface area contributed by atoms with Crippen LogP contribution < -0.4 is 10.1 Å². The van der Waals surface area contributed by atoms with E-state index < -0.39 is 0 Å². The number of carbonyl (C=O) groups excluding carboxylic acids is 1. The molecule has 1 aliphatic rings. The van der Waals surface area contributed by atoms with E-state index in [0.717, 1.165) is 48.4 Å². The number of anilines is 1. The summed E-state index contributed by atoms with van der Waals surface area (Å²) < 4.78 is 5.55. The molecule has 7 heteroatoms. The van der Waals surface area contributed by atoms with E-state index in [0.29, 0.717) is 0 Å². The van der Waals surface area contributed by atoms with Crippen molar-refractivity contribution >= 4 is 33.6 Å². The van der Waals surface area contributed by atoms with Crippen LogP contribution in [-0.2, 0) is 0 Å². The van der Waals surface area contributed by atoms with Gasteiger partial charge >= 0.3 is 0 Å². The van der Waals surface area contributed by atoms with Crippen LogP contribution in [0.4, 0.5) is 5.00 Å². The zero-order valence-electron chi connectivity index (χ0n) is 19.2. The summed E-state index contributed by atoms with van der Waals surface area (Å²) in [4.78, 5) is 19.9. The monoisotopic (exact) mass is 469 g/mol. The molecule has 0 bridgehead atoms. The van der Waals surface area contributed by atoms with Gasteiger partial charge in [0, 0.05) is 36.6 Å². The number of hydrogen-bond acceptors (Lipinski definition) is 6. The highest BCUT2D eigenvalue weighted by atomic mass is 32.1. The van der Waals surface area contributed by atoms with Crippen molar-refractivity contribution < 1.29 is 9.53 Å². The Bertz CT molecular complexity index is 1050. The average Bonchev–Trinajstić information content (AvgIpc) is 3.45. The lowest BCUT2D eigenvalue weighted by molar-refractivity contribution is 0.102. The fourth-order valence-corrected chi connectivity index (χ4v) is 6.06. The lowest BCUT2D eigenvalue weighted by atomic mass is 9.94. The second-order valence-corrected chi connectivity index (χ2v) is 10.3. The Balaban J connectivity index is 1.76. The summed E-state index contributed by atoms with van der Waals surface area (Å²) in [7, 11) is 1.71. The molecule has 0 saturated carbocycles. The van der Waals surface area contributed by atoms with Crippen LogP contribution >= 0.6 is 22.7 Å². The number of nitrogens with zero attached hydrogens (tertiary/aromatic N) is 2. The largest absolute Gasteiger partial charge is 0.497 e. The maximum Gasteiger partial charge on any atom is 0.266 e. The standard InChI is InChI=1S/C25H31N3O2S2/c1-5-27-11-13-28(14-12-27)23(19-8-6-9-20(16-19)30-4)22-17(2)18(3)32-25(22)26-24(29)21-10-7-15-31-21/h6-10,15-16,23H,5,11-14H2,1-4H3,(H,26,29)/t23-/m0/s1. The molecule has 4 rings (SSSR count). The number of methoxy groups -OCH3 is 1. The molecule has 170 valence electrons. The summed E-state index contributed by atoms with van der Waals surface area (Å²) in [6, 6.07) is 12.2. The topological polar surface area (TPSA) is 44.8 Å². The fourth-order valence-electron chi connectivity index (χ4n) is 4.35. The molecule has 1 amide bonds. The second-order valence-electron chi connectivity index (χ2n) is 8.11. The normalized spacial score (nSPS) is 16.1. The summed E-state index contributed by atoms with van der Waals surface area (Å²) >= 11 is 3.14. The van der Waals surface area contributed by atoms with Crippen LogP contribution in [0.2, 0.25) is 0 Å². The van der Waals surface area contributed by atoms with E-state index in [2.05, 4.69) is 54.1 Å². The summed E-state index contributed by atoms with van der Waals surface area (Å²) in [5, 5.41) is 6.12. The van der Waals surface area contributed by atoms with Crippen molar-refractivity contribution in [2.45, 2.75) is 26.8 Å². The van der Waals surface area contributed by atoms with Crippen LogP contribution in [0.3, 0.4) is 0 Å². The van der Waals surface area contributed by atoms with Crippen LogP contribution in [0, 0.1) is 13.8 Å². The van der Waals surface area contributed by atoms with Gasteiger partial charge in [-0.25, -0.2) is 0 Å². The first-order chi connectivity index (χ1) is 15.5. The van der Waals surface area contributed by atoms with Gasteiger partial charge in [0.05, 0.1) is 18.0 Å². The Hall–Kier alpha value is -2.19. The van der Waals surface area contributed by atoms with E-state index in [1.54, 1.807) is 18.4 Å². The van der Waals surface area contributed by atoms with E-state index in [-0.39, 0.29) is 11.9 Å². The Morgan fingerprint density at radius 2 is 1.94 bits per heavy atom. The first-order valence-electron chi connectivity index (χ1n) is 11.1. The lowest BCUT2D eigenvalue weighted by Crippen LogP contribution is -2.47. The van der Waals surface area contributed by atoms with E-state index in [4.69, 9.17) is 4.74 Å². The number of likely N-dealkylation sites (N-methyl/N-ethyl adjacent to an activating group) is 1. The molecule has 0 aliphatic carbocycles. The van der Waals surface area contributed by atoms with Crippen molar-refractivity contribution in [3.8, 4) is 5.75 Å². The zero-order chi connectivity index (χ0) is 22.7. The minimum atomic E-state index is -0.0392. The number of thiophene rings is 2. The summed E-state index contributed by atoms with van der Waals surface area (Å²) in [5.41, 5.74) is 3.65. The van der Waals surface area contributed by atoms with Crippen molar-refractivity contribution in [2.75, 3.05) is 45.2 Å². The van der Waals surface area contributed by atoms with Crippen molar-refractivity contribution in [3.05, 3.63) is 68.2 Å². The van der Waals surface area contributed by atoms with E-state index >= 15 is 0 Å². The van der Waals surface area contributed by atoms with Gasteiger partial charge in [-0.1, -0.05) is 25.1 Å². The van der Waals surface area contributed by atoms with E-state index in [1.807, 2.05) is 23.6 Å². The Morgan fingerprint density at radius 3 is 2.59 bits per heavy atom. The van der Waals surface area contributed by atoms with Gasteiger partial charge in [-0.2, -0.15) is 0 Å². The number of carbonyl (C=O) groups is 1. The minimum Gasteiger partial charge on any atom is -0.497 e. The molecule has 1 atom stereocenters. The molecule has 0 unspecified atom stereocenters. The van der Waals surface area contributed by atoms with Crippen molar-refractivity contribution in [1.82, 2.24) is 9.80 Å². The van der Waals surface area contributed by atoms with Gasteiger partial charge in [0.15, 0.2) is 0 Å². The maximum absolute atomic E-state index is 12.9. The average molecular weight is 470 g/mol. The number of benzene rings is 1. The molecule has 5 nitrogen and oxygen atoms in total. The molecule has 1 N–H and O–H groups in total. The first kappa shape index (κ1) is 23.0. The molecule has 1 aromatic carbocycles. The lowest BCUT2D eigenvalue weighted by Gasteiger charge is -2.39. The number of hydrogen-bond donors (Lipinski definition) is 1. The van der Waals surface area contributed by atoms with Gasteiger partial charge in [0.1, 0.15) is 10.8 Å². The third kappa shape index (κ3) is 4.76. The third-order valence-corrected chi connectivity index (χ3v) is 8.31. The molecule has 0 radical (unpaired) electrons. The highest BCUT2D eigenvalue weighted by Gasteiger charge is 2.31. The minimum absolute atomic E-state index is 0.0392. The number of amides is 1. The molecule has 1 fully saturated rings. The molecular weight excluding hydrogens is 438 g/mol. The second kappa shape index (κ2) is 10.2. The molecule has 2 aromatic heterocycles. The number of rotatable bonds is 7. The predicted molar refractivity (Wildman–Crippen MR) is 135 cm³/mol. The molecule has 0 spiro atoms. The summed E-state index contributed by atoms with van der Waals surface area (Å²) in [5.74, 6) is 0.816. The third-order valence-electron chi connectivity index (χ3n) is 6.31. The van der Waals surface area contributed by atoms with Crippen LogP contribution in [0.1, 0.15) is 44.2 Å². The Kier molecular flexibility index (Phi) is 7.30. The Morgan fingerprint density at radius 1 is 1.16 bits per heavy atom. The van der Waals surface area contributed by atoms with Crippen molar-refractivity contribution in [2.24, 2.45) is 0 Å². The number of aryl methyl sites for hydroxylation is 1. The van der Waals surface area contributed by atoms with Gasteiger partial charge in [-0.15, -0.1) is 22.7 Å². The summed E-state index contributed by atoms with van der Waals surface area (Å²) in [6.07, 6.45) is 0. The Labute approximate surface area is 198 Å². The first-order valence-corrected chi connectivity index (χ1v) is 12.8. The highest BCUT2D eigenvalue weighted by Crippen LogP contribution is 2.43. The van der Waals surface area contributed by atoms with Gasteiger partial charge in [-0.05, 0) is 55.1 Å². The molecule has 3 heterocycles. The quantitative estimate of drug-likeness (QED) is 0.502. The molecular formula is C25H31N3O2S2. The summed E-state index contributed by atoms with van der Waals surface area (Å²) in [6.45, 7) is 11.7. The van der Waals surface area contributed by atoms with Crippen molar-refractivity contribution in [3.63, 3.8) is 0 Å². The molecule has 3 aromatic rings. The molecule has 1 aliphatic heterocycles. The maximum atomic E-state index is 12.9. The van der Waals surface area contributed by atoms with Crippen molar-refractivity contribution in [1.29, 1.82) is 0 Å². The SMILES string of the molecule is CCN1CCN([C@@H](c2cccc(OC)c2)c2c(NC(=O)c3cccs3)sc(C)c2C)CC1. The van der Waals surface area contributed by atoms with Crippen LogP contribution in [0.15, 0.2) is 41.8 Å². The van der Waals surface area contributed by atoms with Crippen LogP contribution in [-0.4, -0.2) is 55.5 Å². The number of nitrogens with one attached hydrogen (secondary N) is 1.